The second-order valence-electron chi connectivity index (χ2n) is 3.32. The second kappa shape index (κ2) is 3.86. The number of benzene rings is 1. The van der Waals surface area contributed by atoms with E-state index in [9.17, 15) is 18.0 Å². The van der Waals surface area contributed by atoms with Gasteiger partial charge in [-0.05, 0) is 15.9 Å². The molecule has 0 aliphatic heterocycles. The summed E-state index contributed by atoms with van der Waals surface area (Å²) in [5.41, 5.74) is 0.0742. The van der Waals surface area contributed by atoms with E-state index in [1.54, 1.807) is 6.07 Å². The Kier molecular flexibility index (Phi) is 2.76. The summed E-state index contributed by atoms with van der Waals surface area (Å²) >= 11 is 2.74. The van der Waals surface area contributed by atoms with Crippen molar-refractivity contribution >= 4 is 37.6 Å². The molecule has 1 aliphatic rings. The fraction of sp³-hybridized carbons (Fsp3) is 0. The van der Waals surface area contributed by atoms with E-state index in [-0.39, 0.29) is 11.1 Å². The largest absolute Gasteiger partial charge is 0.299 e. The van der Waals surface area contributed by atoms with Crippen LogP contribution in [0.2, 0.25) is 0 Å². The Morgan fingerprint density at radius 2 is 1.47 bits per heavy atom. The maximum Gasteiger partial charge on any atom is 0.299 e. The van der Waals surface area contributed by atoms with Gasteiger partial charge in [0.25, 0.3) is 10.1 Å². The summed E-state index contributed by atoms with van der Waals surface area (Å²) in [4.78, 5) is 22.7. The number of ketones is 2. The molecule has 0 aromatic heterocycles. The zero-order valence-electron chi connectivity index (χ0n) is 8.18. The highest BCUT2D eigenvalue weighted by atomic mass is 79.9. The molecule has 5 nitrogen and oxygen atoms in total. The number of fused-ring (bicyclic) bond motifs is 1. The van der Waals surface area contributed by atoms with Crippen molar-refractivity contribution in [2.24, 2.45) is 0 Å². The van der Waals surface area contributed by atoms with Crippen molar-refractivity contribution in [3.63, 3.8) is 0 Å². The molecule has 1 aliphatic carbocycles. The first-order valence-electron chi connectivity index (χ1n) is 4.39. The third-order valence-corrected chi connectivity index (χ3v) is 4.20. The molecule has 0 bridgehead atoms. The smallest absolute Gasteiger partial charge is 0.288 e. The lowest BCUT2D eigenvalue weighted by atomic mass is 9.95. The van der Waals surface area contributed by atoms with Crippen molar-refractivity contribution in [2.45, 2.75) is 0 Å². The van der Waals surface area contributed by atoms with Crippen molar-refractivity contribution in [3.05, 3.63) is 44.8 Å². The molecule has 1 aromatic rings. The van der Waals surface area contributed by atoms with Gasteiger partial charge in [-0.1, -0.05) is 24.3 Å². The van der Waals surface area contributed by atoms with Crippen molar-refractivity contribution < 1.29 is 22.6 Å². The van der Waals surface area contributed by atoms with E-state index in [1.165, 1.54) is 18.2 Å². The molecule has 7 heteroatoms. The predicted molar refractivity (Wildman–Crippen MR) is 62.6 cm³/mol. The lowest BCUT2D eigenvalue weighted by molar-refractivity contribution is 0.0987. The summed E-state index contributed by atoms with van der Waals surface area (Å²) in [5, 5.41) is 0. The molecule has 0 amide bonds. The molecule has 1 N–H and O–H groups in total. The molecule has 1 aromatic carbocycles. The van der Waals surface area contributed by atoms with Crippen LogP contribution >= 0.6 is 15.9 Å². The van der Waals surface area contributed by atoms with Crippen LogP contribution in [0.1, 0.15) is 20.7 Å². The zero-order chi connectivity index (χ0) is 12.8. The van der Waals surface area contributed by atoms with Crippen LogP contribution in [0.5, 0.6) is 0 Å². The van der Waals surface area contributed by atoms with E-state index >= 15 is 0 Å². The minimum Gasteiger partial charge on any atom is -0.288 e. The van der Waals surface area contributed by atoms with Crippen molar-refractivity contribution in [1.29, 1.82) is 0 Å². The predicted octanol–water partition coefficient (Wildman–Crippen LogP) is 1.56. The Morgan fingerprint density at radius 3 is 1.94 bits per heavy atom. The fourth-order valence-corrected chi connectivity index (χ4v) is 3.22. The van der Waals surface area contributed by atoms with E-state index in [2.05, 4.69) is 15.9 Å². The molecule has 0 spiro atoms. The molecule has 0 heterocycles. The zero-order valence-corrected chi connectivity index (χ0v) is 10.6. The first kappa shape index (κ1) is 12.2. The van der Waals surface area contributed by atoms with Gasteiger partial charge >= 0.3 is 0 Å². The number of carbonyl (C=O) groups excluding carboxylic acids is 2. The molecule has 0 saturated carbocycles. The van der Waals surface area contributed by atoms with Crippen LogP contribution in [0, 0.1) is 0 Å². The van der Waals surface area contributed by atoms with E-state index in [0.717, 1.165) is 0 Å². The topological polar surface area (TPSA) is 88.5 Å². The number of allylic oxidation sites excluding steroid dienone is 2. The summed E-state index contributed by atoms with van der Waals surface area (Å²) in [7, 11) is -4.74. The van der Waals surface area contributed by atoms with Crippen molar-refractivity contribution in [1.82, 2.24) is 0 Å². The molecular weight excluding hydrogens is 312 g/mol. The van der Waals surface area contributed by atoms with Gasteiger partial charge in [0.2, 0.25) is 11.6 Å². The van der Waals surface area contributed by atoms with E-state index < -0.39 is 31.1 Å². The third-order valence-electron chi connectivity index (χ3n) is 2.28. The molecule has 0 fully saturated rings. The second-order valence-corrected chi connectivity index (χ2v) is 5.47. The summed E-state index contributed by atoms with van der Waals surface area (Å²) in [5.74, 6) is -1.54. The Morgan fingerprint density at radius 1 is 1.00 bits per heavy atom. The highest BCUT2D eigenvalue weighted by Crippen LogP contribution is 2.31. The standard InChI is InChI=1S/C10H5BrO5S/c11-7-8(12)5-3-1-2-4-6(5)9(13)10(7)17(14,15)16/h1-4H,(H,14,15,16). The first-order valence-corrected chi connectivity index (χ1v) is 6.63. The van der Waals surface area contributed by atoms with Crippen LogP contribution in [0.15, 0.2) is 33.7 Å². The van der Waals surface area contributed by atoms with Crippen LogP contribution in [0.25, 0.3) is 0 Å². The van der Waals surface area contributed by atoms with Gasteiger partial charge < -0.3 is 0 Å². The van der Waals surface area contributed by atoms with Crippen molar-refractivity contribution in [2.75, 3.05) is 0 Å². The molecule has 88 valence electrons. The van der Waals surface area contributed by atoms with Crippen LogP contribution in [-0.4, -0.2) is 24.5 Å². The molecule has 0 radical (unpaired) electrons. The number of Topliss-reactive ketones (excluding diaryl/α,β-unsaturated/α-hetero) is 2. The van der Waals surface area contributed by atoms with Gasteiger partial charge in [0.15, 0.2) is 4.91 Å². The van der Waals surface area contributed by atoms with Gasteiger partial charge in [-0.25, -0.2) is 0 Å². The van der Waals surface area contributed by atoms with Crippen LogP contribution < -0.4 is 0 Å². The van der Waals surface area contributed by atoms with Gasteiger partial charge in [-0.3, -0.25) is 14.1 Å². The monoisotopic (exact) mass is 316 g/mol. The third kappa shape index (κ3) is 1.86. The maximum absolute atomic E-state index is 11.8. The lowest BCUT2D eigenvalue weighted by Crippen LogP contribution is -2.24. The molecule has 17 heavy (non-hydrogen) atoms. The number of carbonyl (C=O) groups is 2. The summed E-state index contributed by atoms with van der Waals surface area (Å²) in [6.07, 6.45) is 0. The number of halogens is 1. The summed E-state index contributed by atoms with van der Waals surface area (Å²) in [6, 6.07) is 5.81. The minimum atomic E-state index is -4.74. The first-order chi connectivity index (χ1) is 7.84. The highest BCUT2D eigenvalue weighted by Gasteiger charge is 2.37. The maximum atomic E-state index is 11.8. The highest BCUT2D eigenvalue weighted by molar-refractivity contribution is 9.12. The number of hydrogen-bond donors (Lipinski definition) is 1. The summed E-state index contributed by atoms with van der Waals surface area (Å²) in [6.45, 7) is 0. The van der Waals surface area contributed by atoms with Gasteiger partial charge in [-0.2, -0.15) is 8.42 Å². The van der Waals surface area contributed by atoms with Crippen LogP contribution in [0.4, 0.5) is 0 Å². The molecular formula is C10H5BrO5S. The number of hydrogen-bond acceptors (Lipinski definition) is 4. The van der Waals surface area contributed by atoms with Gasteiger partial charge in [0.05, 0.1) is 4.48 Å². The van der Waals surface area contributed by atoms with Gasteiger partial charge in [-0.15, -0.1) is 0 Å². The Hall–Kier alpha value is -1.31. The fourth-order valence-electron chi connectivity index (χ4n) is 1.55. The quantitative estimate of drug-likeness (QED) is 0.794. The van der Waals surface area contributed by atoms with Gasteiger partial charge in [0, 0.05) is 11.1 Å². The minimum absolute atomic E-state index is 0.0340. The SMILES string of the molecule is O=C1C(Br)=C(S(=O)(=O)O)C(=O)c2ccccc21. The normalized spacial score (nSPS) is 16.1. The number of rotatable bonds is 1. The summed E-state index contributed by atoms with van der Waals surface area (Å²) < 4.78 is 30.6. The Labute approximate surface area is 105 Å². The Balaban J connectivity index is 2.80. The molecule has 0 atom stereocenters. The average molecular weight is 317 g/mol. The molecule has 2 rings (SSSR count). The lowest BCUT2D eigenvalue weighted by Gasteiger charge is -2.15. The van der Waals surface area contributed by atoms with Crippen molar-refractivity contribution in [3.8, 4) is 0 Å². The molecule has 0 unspecified atom stereocenters. The molecule has 0 saturated heterocycles. The van der Waals surface area contributed by atoms with E-state index in [1.807, 2.05) is 0 Å². The van der Waals surface area contributed by atoms with Crippen LogP contribution in [-0.2, 0) is 10.1 Å². The van der Waals surface area contributed by atoms with Crippen LogP contribution in [0.3, 0.4) is 0 Å². The van der Waals surface area contributed by atoms with Gasteiger partial charge in [0.1, 0.15) is 0 Å². The van der Waals surface area contributed by atoms with E-state index in [0.29, 0.717) is 0 Å². The van der Waals surface area contributed by atoms with E-state index in [4.69, 9.17) is 4.55 Å². The Bertz CT molecular complexity index is 672. The average Bonchev–Trinajstić information content (AvgIpc) is 2.24.